The van der Waals surface area contributed by atoms with E-state index in [0.29, 0.717) is 6.47 Å². The molecule has 1 rings (SSSR count). The smallest absolute Gasteiger partial charge is 0.293 e. The third-order valence-electron chi connectivity index (χ3n) is 2.45. The van der Waals surface area contributed by atoms with E-state index in [-0.39, 0.29) is 23.2 Å². The van der Waals surface area contributed by atoms with Crippen LogP contribution in [0.1, 0.15) is 13.8 Å². The Balaban J connectivity index is 2.64. The number of alkyl halides is 2. The highest BCUT2D eigenvalue weighted by atomic mass is 35.5. The van der Waals surface area contributed by atoms with Crippen LogP contribution in [0.5, 0.6) is 0 Å². The maximum Gasteiger partial charge on any atom is 0.293 e. The van der Waals surface area contributed by atoms with Crippen LogP contribution < -0.4 is 0 Å². The predicted octanol–water partition coefficient (Wildman–Crippen LogP) is 1.56. The van der Waals surface area contributed by atoms with Crippen molar-refractivity contribution < 1.29 is 14.3 Å². The summed E-state index contributed by atoms with van der Waals surface area (Å²) >= 11 is 10.9. The summed E-state index contributed by atoms with van der Waals surface area (Å²) < 4.78 is 4.73. The zero-order chi connectivity index (χ0) is 10.2. The van der Waals surface area contributed by atoms with Crippen LogP contribution in [0.4, 0.5) is 0 Å². The summed E-state index contributed by atoms with van der Waals surface area (Å²) in [6.07, 6.45) is -0.377. The van der Waals surface area contributed by atoms with Crippen LogP contribution in [-0.2, 0) is 14.3 Å². The van der Waals surface area contributed by atoms with Crippen LogP contribution >= 0.6 is 23.2 Å². The van der Waals surface area contributed by atoms with Crippen molar-refractivity contribution in [1.82, 2.24) is 0 Å². The van der Waals surface area contributed by atoms with E-state index in [1.54, 1.807) is 0 Å². The number of ether oxygens (including phenoxy) is 1. The molecule has 1 aliphatic rings. The van der Waals surface area contributed by atoms with Gasteiger partial charge in [-0.2, -0.15) is 0 Å². The number of Topliss-reactive ketones (excluding diaryl/α,β-unsaturated/α-hetero) is 1. The van der Waals surface area contributed by atoms with Gasteiger partial charge >= 0.3 is 0 Å². The largest absolute Gasteiger partial charge is 0.463 e. The normalized spacial score (nSPS) is 29.9. The highest BCUT2D eigenvalue weighted by molar-refractivity contribution is 6.54. The molecule has 1 saturated carbocycles. The first-order valence-electron chi connectivity index (χ1n) is 3.84. The lowest BCUT2D eigenvalue weighted by Gasteiger charge is -1.99. The monoisotopic (exact) mass is 224 g/mol. The molecule has 74 valence electrons. The minimum Gasteiger partial charge on any atom is -0.463 e. The molecule has 0 saturated heterocycles. The van der Waals surface area contributed by atoms with Crippen LogP contribution in [0.3, 0.4) is 0 Å². The van der Waals surface area contributed by atoms with E-state index in [2.05, 4.69) is 0 Å². The average molecular weight is 225 g/mol. The summed E-state index contributed by atoms with van der Waals surface area (Å²) in [7, 11) is 0. The quantitative estimate of drug-likeness (QED) is 0.538. The van der Waals surface area contributed by atoms with E-state index < -0.39 is 4.84 Å². The van der Waals surface area contributed by atoms with Gasteiger partial charge in [-0.15, -0.1) is 0 Å². The van der Waals surface area contributed by atoms with Crippen LogP contribution in [0.15, 0.2) is 0 Å². The minimum absolute atomic E-state index is 0.278. The zero-order valence-corrected chi connectivity index (χ0v) is 8.80. The van der Waals surface area contributed by atoms with Gasteiger partial charge in [0.1, 0.15) is 6.10 Å². The van der Waals surface area contributed by atoms with Gasteiger partial charge < -0.3 is 4.74 Å². The van der Waals surface area contributed by atoms with Gasteiger partial charge in [0, 0.05) is 5.41 Å². The lowest BCUT2D eigenvalue weighted by molar-refractivity contribution is -0.131. The van der Waals surface area contributed by atoms with Crippen LogP contribution in [0.2, 0.25) is 0 Å². The molecule has 0 aromatic heterocycles. The number of ketones is 1. The van der Waals surface area contributed by atoms with Gasteiger partial charge in [0.2, 0.25) is 0 Å². The van der Waals surface area contributed by atoms with E-state index in [0.717, 1.165) is 0 Å². The number of hydrogen-bond donors (Lipinski definition) is 0. The molecule has 1 aliphatic carbocycles. The maximum absolute atomic E-state index is 11.3. The van der Waals surface area contributed by atoms with Gasteiger partial charge in [0.05, 0.1) is 5.92 Å². The molecule has 0 spiro atoms. The number of halogens is 2. The Morgan fingerprint density at radius 1 is 1.54 bits per heavy atom. The third kappa shape index (κ3) is 1.81. The molecule has 0 N–H and O–H groups in total. The van der Waals surface area contributed by atoms with Gasteiger partial charge in [-0.3, -0.25) is 9.59 Å². The SMILES string of the molecule is CC1(C)C(OC=O)C1C(=O)C(Cl)Cl. The van der Waals surface area contributed by atoms with E-state index in [1.165, 1.54) is 0 Å². The highest BCUT2D eigenvalue weighted by Crippen LogP contribution is 2.55. The summed E-state index contributed by atoms with van der Waals surface area (Å²) in [6, 6.07) is 0. The van der Waals surface area contributed by atoms with Gasteiger partial charge in [0.15, 0.2) is 10.6 Å². The van der Waals surface area contributed by atoms with Crippen molar-refractivity contribution in [3.8, 4) is 0 Å². The second-order valence-corrected chi connectivity index (χ2v) is 4.75. The van der Waals surface area contributed by atoms with Crippen molar-refractivity contribution in [2.75, 3.05) is 0 Å². The molecule has 0 heterocycles. The summed E-state index contributed by atoms with van der Waals surface area (Å²) in [4.78, 5) is 20.4. The van der Waals surface area contributed by atoms with Gasteiger partial charge in [0.25, 0.3) is 6.47 Å². The number of carbonyl (C=O) groups is 2. The van der Waals surface area contributed by atoms with Crippen molar-refractivity contribution >= 4 is 35.5 Å². The fourth-order valence-corrected chi connectivity index (χ4v) is 1.83. The Bertz CT molecular complexity index is 238. The highest BCUT2D eigenvalue weighted by Gasteiger charge is 2.64. The number of hydrogen-bond acceptors (Lipinski definition) is 3. The third-order valence-corrected chi connectivity index (χ3v) is 2.88. The molecule has 0 aromatic rings. The van der Waals surface area contributed by atoms with Crippen molar-refractivity contribution in [2.45, 2.75) is 24.8 Å². The molecule has 13 heavy (non-hydrogen) atoms. The average Bonchev–Trinajstić information content (AvgIpc) is 2.53. The van der Waals surface area contributed by atoms with Gasteiger partial charge in [-0.25, -0.2) is 0 Å². The Morgan fingerprint density at radius 3 is 2.46 bits per heavy atom. The summed E-state index contributed by atoms with van der Waals surface area (Å²) in [5.74, 6) is -0.641. The zero-order valence-electron chi connectivity index (χ0n) is 7.29. The Hall–Kier alpha value is -0.280. The molecule has 0 bridgehead atoms. The van der Waals surface area contributed by atoms with E-state index in [1.807, 2.05) is 13.8 Å². The Labute approximate surface area is 86.3 Å². The fourth-order valence-electron chi connectivity index (χ4n) is 1.56. The second-order valence-electron chi connectivity index (χ2n) is 3.66. The topological polar surface area (TPSA) is 43.4 Å². The number of rotatable bonds is 4. The van der Waals surface area contributed by atoms with E-state index >= 15 is 0 Å². The van der Waals surface area contributed by atoms with Gasteiger partial charge in [-0.1, -0.05) is 37.0 Å². The van der Waals surface area contributed by atoms with Gasteiger partial charge in [-0.05, 0) is 0 Å². The van der Waals surface area contributed by atoms with Crippen molar-refractivity contribution in [3.05, 3.63) is 0 Å². The van der Waals surface area contributed by atoms with Crippen molar-refractivity contribution in [2.24, 2.45) is 11.3 Å². The summed E-state index contributed by atoms with van der Waals surface area (Å²) in [5.41, 5.74) is -0.333. The lowest BCUT2D eigenvalue weighted by atomic mass is 10.1. The Kier molecular flexibility index (Phi) is 2.88. The van der Waals surface area contributed by atoms with Crippen LogP contribution in [0, 0.1) is 11.3 Å². The molecule has 0 aliphatic heterocycles. The minimum atomic E-state index is -1.04. The van der Waals surface area contributed by atoms with Crippen LogP contribution in [-0.4, -0.2) is 23.2 Å². The molecular formula is C8H10Cl2O3. The van der Waals surface area contributed by atoms with E-state index in [4.69, 9.17) is 27.9 Å². The standard InChI is InChI=1S/C8H10Cl2O3/c1-8(2)4(5(12)7(9)10)6(8)13-3-11/h3-4,6-7H,1-2H3. The second kappa shape index (κ2) is 3.46. The molecule has 0 radical (unpaired) electrons. The maximum atomic E-state index is 11.3. The summed E-state index contributed by atoms with van der Waals surface area (Å²) in [6.45, 7) is 4.01. The predicted molar refractivity (Wildman–Crippen MR) is 48.7 cm³/mol. The first kappa shape index (κ1) is 10.8. The first-order valence-corrected chi connectivity index (χ1v) is 4.71. The fraction of sp³-hybridized carbons (Fsp3) is 0.750. The molecule has 0 aromatic carbocycles. The van der Waals surface area contributed by atoms with Crippen molar-refractivity contribution in [1.29, 1.82) is 0 Å². The molecular weight excluding hydrogens is 215 g/mol. The van der Waals surface area contributed by atoms with Crippen LogP contribution in [0.25, 0.3) is 0 Å². The molecule has 0 amide bonds. The Morgan fingerprint density at radius 2 is 2.08 bits per heavy atom. The first-order chi connectivity index (χ1) is 5.92. The summed E-state index contributed by atoms with van der Waals surface area (Å²) in [5, 5.41) is 0. The molecule has 2 unspecified atom stereocenters. The van der Waals surface area contributed by atoms with E-state index in [9.17, 15) is 9.59 Å². The molecule has 3 nitrogen and oxygen atoms in total. The molecule has 5 heteroatoms. The lowest BCUT2D eigenvalue weighted by Crippen LogP contribution is -2.14. The number of carbonyl (C=O) groups excluding carboxylic acids is 2. The van der Waals surface area contributed by atoms with Crippen molar-refractivity contribution in [3.63, 3.8) is 0 Å². The molecule has 1 fully saturated rings. The molecule has 2 atom stereocenters.